The molecule has 1 spiro atoms. The molecule has 0 bridgehead atoms. The Morgan fingerprint density at radius 3 is 3.06 bits per heavy atom. The number of hydrogen-bond donors (Lipinski definition) is 0. The van der Waals surface area contributed by atoms with Gasteiger partial charge in [-0.3, -0.25) is 9.79 Å². The molecule has 1 aromatic heterocycles. The molecule has 1 unspecified atom stereocenters. The van der Waals surface area contributed by atoms with Gasteiger partial charge in [-0.15, -0.1) is 11.3 Å². The summed E-state index contributed by atoms with van der Waals surface area (Å²) >= 11 is 1.75. The van der Waals surface area contributed by atoms with Gasteiger partial charge in [-0.25, -0.2) is 0 Å². The van der Waals surface area contributed by atoms with E-state index in [0.29, 0.717) is 0 Å². The van der Waals surface area contributed by atoms with Gasteiger partial charge in [-0.05, 0) is 37.6 Å². The van der Waals surface area contributed by atoms with Crippen molar-refractivity contribution in [1.29, 1.82) is 0 Å². The first-order valence-electron chi connectivity index (χ1n) is 5.56. The van der Waals surface area contributed by atoms with E-state index in [1.165, 1.54) is 4.88 Å². The Morgan fingerprint density at radius 2 is 2.38 bits per heavy atom. The summed E-state index contributed by atoms with van der Waals surface area (Å²) in [6.07, 6.45) is 3.02. The number of amidine groups is 1. The van der Waals surface area contributed by atoms with E-state index in [0.717, 1.165) is 30.7 Å². The largest absolute Gasteiger partial charge is 0.302 e. The van der Waals surface area contributed by atoms with Crippen LogP contribution in [0.1, 0.15) is 30.2 Å². The number of rotatable bonds is 0. The number of hydrogen-bond acceptors (Lipinski definition) is 3. The summed E-state index contributed by atoms with van der Waals surface area (Å²) in [5, 5.41) is 2.08. The van der Waals surface area contributed by atoms with Gasteiger partial charge in [0, 0.05) is 17.5 Å². The fourth-order valence-corrected chi connectivity index (χ4v) is 3.70. The van der Waals surface area contributed by atoms with E-state index in [2.05, 4.69) is 16.4 Å². The van der Waals surface area contributed by atoms with Gasteiger partial charge >= 0.3 is 0 Å². The molecule has 1 aromatic rings. The lowest BCUT2D eigenvalue weighted by molar-refractivity contribution is -0.131. The Kier molecular flexibility index (Phi) is 1.98. The molecular formula is C12H14N2OS. The first kappa shape index (κ1) is 10.0. The van der Waals surface area contributed by atoms with Crippen molar-refractivity contribution in [2.45, 2.75) is 31.7 Å². The highest BCUT2D eigenvalue weighted by atomic mass is 32.1. The molecule has 1 atom stereocenters. The molecule has 0 radical (unpaired) electrons. The minimum absolute atomic E-state index is 0.143. The highest BCUT2D eigenvalue weighted by molar-refractivity contribution is 7.10. The van der Waals surface area contributed by atoms with Crippen LogP contribution in [-0.4, -0.2) is 23.7 Å². The number of fused-ring (bicyclic) bond motifs is 2. The molecule has 3 rings (SSSR count). The van der Waals surface area contributed by atoms with Crippen LogP contribution >= 0.6 is 11.3 Å². The quantitative estimate of drug-likeness (QED) is 0.677. The maximum Gasteiger partial charge on any atom is 0.260 e. The molecule has 4 heteroatoms. The van der Waals surface area contributed by atoms with Gasteiger partial charge in [0.25, 0.3) is 5.91 Å². The summed E-state index contributed by atoms with van der Waals surface area (Å²) < 4.78 is 0. The summed E-state index contributed by atoms with van der Waals surface area (Å²) in [6, 6.07) is 2.08. The number of thiophene rings is 1. The maximum atomic E-state index is 12.4. The second-order valence-corrected chi connectivity index (χ2v) is 5.50. The summed E-state index contributed by atoms with van der Waals surface area (Å²) in [6.45, 7) is 1.91. The number of carbonyl (C=O) groups excluding carboxylic acids is 1. The number of likely N-dealkylation sites (N-methyl/N-ethyl adjacent to an activating group) is 1. The predicted molar refractivity (Wildman–Crippen MR) is 64.8 cm³/mol. The normalized spacial score (nSPS) is 28.5. The summed E-state index contributed by atoms with van der Waals surface area (Å²) in [7, 11) is 1.82. The third-order valence-corrected chi connectivity index (χ3v) is 4.61. The van der Waals surface area contributed by atoms with Crippen molar-refractivity contribution < 1.29 is 4.79 Å². The Hall–Kier alpha value is -1.16. The lowest BCUT2D eigenvalue weighted by Crippen LogP contribution is -2.40. The van der Waals surface area contributed by atoms with Gasteiger partial charge in [-0.1, -0.05) is 0 Å². The molecule has 0 saturated carbocycles. The highest BCUT2D eigenvalue weighted by Gasteiger charge is 2.49. The predicted octanol–water partition coefficient (Wildman–Crippen LogP) is 2.17. The van der Waals surface area contributed by atoms with E-state index in [4.69, 9.17) is 0 Å². The van der Waals surface area contributed by atoms with Crippen LogP contribution in [0.3, 0.4) is 0 Å². The molecule has 2 aliphatic rings. The number of aliphatic imine (C=N–C) groups is 1. The smallest absolute Gasteiger partial charge is 0.260 e. The molecule has 1 amide bonds. The van der Waals surface area contributed by atoms with E-state index in [-0.39, 0.29) is 5.91 Å². The van der Waals surface area contributed by atoms with Crippen LogP contribution in [0, 0.1) is 0 Å². The van der Waals surface area contributed by atoms with Crippen LogP contribution in [0.5, 0.6) is 0 Å². The van der Waals surface area contributed by atoms with Gasteiger partial charge in [0.2, 0.25) is 0 Å². The molecule has 84 valence electrons. The number of carbonyl (C=O) groups is 1. The lowest BCUT2D eigenvalue weighted by Gasteiger charge is -2.29. The van der Waals surface area contributed by atoms with Crippen molar-refractivity contribution >= 4 is 23.1 Å². The molecule has 1 aliphatic heterocycles. The zero-order chi connectivity index (χ0) is 11.3. The molecule has 16 heavy (non-hydrogen) atoms. The van der Waals surface area contributed by atoms with Crippen LogP contribution in [-0.2, 0) is 16.8 Å². The van der Waals surface area contributed by atoms with E-state index in [1.807, 2.05) is 14.0 Å². The zero-order valence-corrected chi connectivity index (χ0v) is 10.3. The monoisotopic (exact) mass is 234 g/mol. The Morgan fingerprint density at radius 1 is 1.56 bits per heavy atom. The summed E-state index contributed by atoms with van der Waals surface area (Å²) in [4.78, 5) is 20.1. The third-order valence-electron chi connectivity index (χ3n) is 3.63. The number of nitrogens with zero attached hydrogens (tertiary/aromatic N) is 2. The molecule has 0 N–H and O–H groups in total. The highest BCUT2D eigenvalue weighted by Crippen LogP contribution is 2.44. The van der Waals surface area contributed by atoms with E-state index in [9.17, 15) is 4.79 Å². The molecule has 0 fully saturated rings. The standard InChI is InChI=1S/C12H14N2OS/c1-8-13-12(11(15)14(8)2)6-3-4-10-9(12)5-7-16-10/h5,7H,3-4,6H2,1-2H3. The Labute approximate surface area is 98.8 Å². The molecular weight excluding hydrogens is 220 g/mol. The van der Waals surface area contributed by atoms with Crippen molar-refractivity contribution in [3.8, 4) is 0 Å². The fraction of sp³-hybridized carbons (Fsp3) is 0.500. The molecule has 3 nitrogen and oxygen atoms in total. The molecule has 2 heterocycles. The molecule has 0 aromatic carbocycles. The van der Waals surface area contributed by atoms with E-state index >= 15 is 0 Å². The van der Waals surface area contributed by atoms with Crippen molar-refractivity contribution in [2.75, 3.05) is 7.05 Å². The van der Waals surface area contributed by atoms with Crippen molar-refractivity contribution in [1.82, 2.24) is 4.90 Å². The second kappa shape index (κ2) is 3.17. The SMILES string of the molecule is CC1=NC2(CCCc3sccc32)C(=O)N1C. The van der Waals surface area contributed by atoms with Crippen LogP contribution in [0.4, 0.5) is 0 Å². The van der Waals surface area contributed by atoms with Gasteiger partial charge in [0.05, 0.1) is 0 Å². The van der Waals surface area contributed by atoms with Crippen molar-refractivity contribution in [3.63, 3.8) is 0 Å². The second-order valence-electron chi connectivity index (χ2n) is 4.49. The van der Waals surface area contributed by atoms with Crippen LogP contribution in [0.2, 0.25) is 0 Å². The van der Waals surface area contributed by atoms with Crippen molar-refractivity contribution in [3.05, 3.63) is 21.9 Å². The van der Waals surface area contributed by atoms with Crippen molar-refractivity contribution in [2.24, 2.45) is 4.99 Å². The van der Waals surface area contributed by atoms with Gasteiger partial charge in [0.15, 0.2) is 5.54 Å². The number of aryl methyl sites for hydroxylation is 1. The summed E-state index contributed by atoms with van der Waals surface area (Å²) in [5.74, 6) is 0.980. The zero-order valence-electron chi connectivity index (χ0n) is 9.49. The maximum absolute atomic E-state index is 12.4. The first-order valence-corrected chi connectivity index (χ1v) is 6.44. The van der Waals surface area contributed by atoms with Crippen LogP contribution in [0.15, 0.2) is 16.4 Å². The Bertz CT molecular complexity index is 491. The van der Waals surface area contributed by atoms with E-state index < -0.39 is 5.54 Å². The minimum atomic E-state index is -0.577. The average molecular weight is 234 g/mol. The van der Waals surface area contributed by atoms with Crippen LogP contribution < -0.4 is 0 Å². The fourth-order valence-electron chi connectivity index (χ4n) is 2.70. The molecule has 0 saturated heterocycles. The summed E-state index contributed by atoms with van der Waals surface area (Å²) in [5.41, 5.74) is 0.573. The third kappa shape index (κ3) is 1.08. The lowest BCUT2D eigenvalue weighted by atomic mass is 9.80. The van der Waals surface area contributed by atoms with E-state index in [1.54, 1.807) is 16.2 Å². The van der Waals surface area contributed by atoms with Gasteiger partial charge in [0.1, 0.15) is 5.84 Å². The first-order chi connectivity index (χ1) is 7.65. The van der Waals surface area contributed by atoms with Gasteiger partial charge in [-0.2, -0.15) is 0 Å². The Balaban J connectivity index is 2.19. The number of amides is 1. The molecule has 1 aliphatic carbocycles. The van der Waals surface area contributed by atoms with Gasteiger partial charge < -0.3 is 4.90 Å². The minimum Gasteiger partial charge on any atom is -0.302 e. The topological polar surface area (TPSA) is 32.7 Å². The average Bonchev–Trinajstić information content (AvgIpc) is 2.82. The van der Waals surface area contributed by atoms with Crippen LogP contribution in [0.25, 0.3) is 0 Å².